The van der Waals surface area contributed by atoms with Crippen LogP contribution in [0, 0.1) is 0 Å². The summed E-state index contributed by atoms with van der Waals surface area (Å²) in [5, 5.41) is -5.76. The molecule has 1 saturated heterocycles. The molecule has 0 N–H and O–H groups in total. The number of carbonyl (C=O) groups is 1. The van der Waals surface area contributed by atoms with Gasteiger partial charge < -0.3 is 14.0 Å². The van der Waals surface area contributed by atoms with Gasteiger partial charge in [0.15, 0.2) is 15.0 Å². The second-order valence-corrected chi connectivity index (χ2v) is 14.0. The maximum atomic E-state index is 13.0. The van der Waals surface area contributed by atoms with Crippen molar-refractivity contribution in [3.8, 4) is 5.75 Å². The average molecular weight is 817 g/mol. The van der Waals surface area contributed by atoms with Crippen LogP contribution >= 0.6 is 0 Å². The van der Waals surface area contributed by atoms with Gasteiger partial charge >= 0.3 is 53.1 Å². The molecule has 0 aromatic heterocycles. The number of hydrogen-bond donors (Lipinski definition) is 0. The smallest absolute Gasteiger partial charge is 0.513 e. The highest BCUT2D eigenvalue weighted by molar-refractivity contribution is 7.97. The molecule has 51 heavy (non-hydrogen) atoms. The minimum atomic E-state index is -8.92. The van der Waals surface area contributed by atoms with Crippen molar-refractivity contribution in [3.05, 3.63) is 36.4 Å². The van der Waals surface area contributed by atoms with Gasteiger partial charge in [-0.25, -0.2) is 13.2 Å². The Morgan fingerprint density at radius 2 is 1.12 bits per heavy atom. The van der Waals surface area contributed by atoms with Crippen LogP contribution in [0.5, 0.6) is 5.75 Å². The fraction of sp³-hybridized carbons (Fsp3) is 0.577. The molecule has 1 fully saturated rings. The second-order valence-electron chi connectivity index (χ2n) is 10.3. The number of hydrogen-bond acceptors (Lipinski definition) is 6. The van der Waals surface area contributed by atoms with Gasteiger partial charge in [-0.3, -0.25) is 0 Å². The van der Waals surface area contributed by atoms with E-state index in [0.717, 1.165) is 11.8 Å². The summed E-state index contributed by atoms with van der Waals surface area (Å²) in [6.07, 6.45) is -5.09. The summed E-state index contributed by atoms with van der Waals surface area (Å²) >= 11 is 0. The van der Waals surface area contributed by atoms with Crippen molar-refractivity contribution in [1.29, 1.82) is 0 Å². The van der Waals surface area contributed by atoms with Crippen LogP contribution in [-0.2, 0) is 25.7 Å². The number of ether oxygens (including phenoxy) is 2. The maximum Gasteiger partial charge on any atom is 0.513 e. The van der Waals surface area contributed by atoms with Crippen LogP contribution in [0.1, 0.15) is 26.2 Å². The highest BCUT2D eigenvalue weighted by Gasteiger charge is 2.95. The fourth-order valence-corrected chi connectivity index (χ4v) is 7.01. The van der Waals surface area contributed by atoms with Crippen molar-refractivity contribution in [2.45, 2.75) is 78.0 Å². The van der Waals surface area contributed by atoms with Crippen LogP contribution in [0.25, 0.3) is 10.8 Å². The van der Waals surface area contributed by atoms with Crippen LogP contribution in [0.3, 0.4) is 0 Å². The normalized spacial score (nSPS) is 16.1. The number of carbonyl (C=O) groups excluding carboxylic acids is 1. The predicted octanol–water partition coefficient (Wildman–Crippen LogP) is 9.03. The summed E-state index contributed by atoms with van der Waals surface area (Å²) < 4.78 is 254. The average Bonchev–Trinajstić information content (AvgIpc) is 3.53. The second kappa shape index (κ2) is 14.5. The lowest BCUT2D eigenvalue weighted by Gasteiger charge is -2.42. The summed E-state index contributed by atoms with van der Waals surface area (Å²) in [7, 11) is -7.81. The number of fused-ring (bicyclic) bond motifs is 1. The molecule has 6 nitrogen and oxygen atoms in total. The zero-order valence-electron chi connectivity index (χ0n) is 24.9. The van der Waals surface area contributed by atoms with Gasteiger partial charge in [-0.05, 0) is 37.5 Å². The Bertz CT molecular complexity index is 1660. The van der Waals surface area contributed by atoms with E-state index in [4.69, 9.17) is 9.47 Å². The molecular weight excluding hydrogens is 795 g/mol. The first-order chi connectivity index (χ1) is 22.8. The lowest BCUT2D eigenvalue weighted by atomic mass is 9.91. The van der Waals surface area contributed by atoms with E-state index in [1.54, 1.807) is 0 Å². The SMILES string of the molecule is CCCOC(=O)Oc1ccc([S+]2CCCC2)c2ccccc12.O=S(=O)([O-])C(F)(F)C(F)(F)C(F)(F)C(F)(F)C(F)(F)C(F)(F)C(F)(F)C(F)(F)F. The molecule has 0 spiro atoms. The molecule has 0 amide bonds. The van der Waals surface area contributed by atoms with Gasteiger partial charge in [-0.1, -0.05) is 25.1 Å². The Hall–Kier alpha value is -2.96. The molecule has 25 heteroatoms. The first kappa shape index (κ1) is 44.2. The molecule has 0 unspecified atom stereocenters. The zero-order chi connectivity index (χ0) is 39.9. The first-order valence-corrected chi connectivity index (χ1v) is 16.5. The van der Waals surface area contributed by atoms with Crippen molar-refractivity contribution in [2.75, 3.05) is 18.1 Å². The Balaban J connectivity index is 0.000000364. The van der Waals surface area contributed by atoms with Gasteiger partial charge in [0.25, 0.3) is 0 Å². The Kier molecular flexibility index (Phi) is 12.5. The van der Waals surface area contributed by atoms with E-state index in [-0.39, 0.29) is 0 Å². The molecule has 0 bridgehead atoms. The molecule has 292 valence electrons. The molecule has 2 aromatic rings. The van der Waals surface area contributed by atoms with Gasteiger partial charge in [0.1, 0.15) is 17.3 Å². The third kappa shape index (κ3) is 7.60. The number of benzene rings is 2. The number of alkyl halides is 17. The lowest BCUT2D eigenvalue weighted by Crippen LogP contribution is -2.75. The first-order valence-electron chi connectivity index (χ1n) is 13.5. The van der Waals surface area contributed by atoms with Crippen LogP contribution in [0.15, 0.2) is 41.3 Å². The van der Waals surface area contributed by atoms with E-state index < -0.39 is 63.2 Å². The van der Waals surface area contributed by atoms with E-state index in [2.05, 4.69) is 12.1 Å². The van der Waals surface area contributed by atoms with Crippen molar-refractivity contribution in [2.24, 2.45) is 0 Å². The molecule has 2 aromatic carbocycles. The van der Waals surface area contributed by atoms with Gasteiger partial charge in [-0.15, -0.1) is 0 Å². The van der Waals surface area contributed by atoms with E-state index in [9.17, 15) is 92.4 Å². The van der Waals surface area contributed by atoms with Gasteiger partial charge in [0.05, 0.1) is 6.61 Å². The van der Waals surface area contributed by atoms with Crippen LogP contribution < -0.4 is 4.74 Å². The minimum Gasteiger partial charge on any atom is -0.743 e. The highest BCUT2D eigenvalue weighted by Crippen LogP contribution is 2.64. The van der Waals surface area contributed by atoms with Crippen LogP contribution in [-0.4, -0.2) is 84.2 Å². The van der Waals surface area contributed by atoms with E-state index in [1.807, 2.05) is 31.2 Å². The lowest BCUT2D eigenvalue weighted by molar-refractivity contribution is -0.458. The van der Waals surface area contributed by atoms with Crippen molar-refractivity contribution < 1.29 is 102 Å². The monoisotopic (exact) mass is 816 g/mol. The Labute approximate surface area is 278 Å². The van der Waals surface area contributed by atoms with Crippen molar-refractivity contribution in [1.82, 2.24) is 0 Å². The summed E-state index contributed by atoms with van der Waals surface area (Å²) in [5.74, 6) is -49.0. The van der Waals surface area contributed by atoms with Gasteiger partial charge in [-0.2, -0.15) is 74.6 Å². The van der Waals surface area contributed by atoms with E-state index in [0.29, 0.717) is 23.3 Å². The van der Waals surface area contributed by atoms with Gasteiger partial charge in [0, 0.05) is 21.7 Å². The Morgan fingerprint density at radius 1 is 0.686 bits per heavy atom. The third-order valence-corrected chi connectivity index (χ3v) is 10.2. The maximum absolute atomic E-state index is 13.0. The molecule has 0 aliphatic carbocycles. The predicted molar refractivity (Wildman–Crippen MR) is 141 cm³/mol. The third-order valence-electron chi connectivity index (χ3n) is 6.81. The molecule has 1 aliphatic heterocycles. The highest BCUT2D eigenvalue weighted by atomic mass is 32.2. The van der Waals surface area contributed by atoms with E-state index in [1.165, 1.54) is 34.6 Å². The topological polar surface area (TPSA) is 92.7 Å². The summed E-state index contributed by atoms with van der Waals surface area (Å²) in [4.78, 5) is 13.1. The fourth-order valence-electron chi connectivity index (χ4n) is 4.07. The van der Waals surface area contributed by atoms with Crippen LogP contribution in [0.2, 0.25) is 0 Å². The minimum absolute atomic E-state index is 0.337. The molecule has 3 rings (SSSR count). The quantitative estimate of drug-likeness (QED) is 0.0740. The van der Waals surface area contributed by atoms with Crippen molar-refractivity contribution in [3.63, 3.8) is 0 Å². The number of rotatable bonds is 11. The zero-order valence-corrected chi connectivity index (χ0v) is 26.5. The van der Waals surface area contributed by atoms with Crippen molar-refractivity contribution >= 4 is 37.9 Å². The van der Waals surface area contributed by atoms with E-state index >= 15 is 0 Å². The Morgan fingerprint density at radius 3 is 1.55 bits per heavy atom. The standard InChI is InChI=1S/C18H21O3S.C8HF17O3S/c1-2-11-20-18(19)21-16-9-10-17(22-12-5-6-13-22)15-8-4-3-7-14(15)16;9-1(10,3(13,14)5(17,18)7(21,22)23)2(11,12)4(15,16)6(19,20)8(24,25)29(26,27)28/h3-4,7-10H,2,5-6,11-13H2,1H3;(H,26,27,28)/q+1;/p-1. The van der Waals surface area contributed by atoms with Gasteiger partial charge in [0.2, 0.25) is 0 Å². The summed E-state index contributed by atoms with van der Waals surface area (Å²) in [6.45, 7) is 2.35. The largest absolute Gasteiger partial charge is 0.743 e. The molecule has 0 atom stereocenters. The van der Waals surface area contributed by atoms with Crippen LogP contribution in [0.4, 0.5) is 79.4 Å². The molecule has 0 saturated carbocycles. The molecule has 1 heterocycles. The molecule has 0 radical (unpaired) electrons. The summed E-state index contributed by atoms with van der Waals surface area (Å²) in [5.41, 5.74) is 0. The molecular formula is C26H21F17O6S2. The molecule has 1 aliphatic rings. The number of halogens is 17. The summed E-state index contributed by atoms with van der Waals surface area (Å²) in [6, 6.07) is 12.2.